The molecule has 1 amide bonds. The molecule has 38 heavy (non-hydrogen) atoms. The number of hydrogen-bond donors (Lipinski definition) is 1. The van der Waals surface area contributed by atoms with Crippen molar-refractivity contribution in [1.82, 2.24) is 4.98 Å². The van der Waals surface area contributed by atoms with Gasteiger partial charge in [0.25, 0.3) is 5.91 Å². The number of furan rings is 1. The van der Waals surface area contributed by atoms with Gasteiger partial charge in [-0.25, -0.2) is 9.78 Å². The van der Waals surface area contributed by atoms with Crippen molar-refractivity contribution in [1.29, 1.82) is 0 Å². The second kappa shape index (κ2) is 10.5. The summed E-state index contributed by atoms with van der Waals surface area (Å²) in [6.45, 7) is 0. The van der Waals surface area contributed by atoms with E-state index in [-0.39, 0.29) is 35.3 Å². The Balaban J connectivity index is 1.71. The number of carbonyl (C=O) groups is 3. The maximum atomic E-state index is 14.3. The van der Waals surface area contributed by atoms with Crippen molar-refractivity contribution >= 4 is 58.0 Å². The second-order valence-corrected chi connectivity index (χ2v) is 9.97. The molecule has 0 radical (unpaired) electrons. The Hall–Kier alpha value is -3.85. The van der Waals surface area contributed by atoms with Gasteiger partial charge in [0.1, 0.15) is 11.4 Å². The van der Waals surface area contributed by atoms with Crippen LogP contribution in [-0.4, -0.2) is 48.7 Å². The number of ether oxygens (including phenoxy) is 1. The third-order valence-electron chi connectivity index (χ3n) is 7.24. The fourth-order valence-corrected chi connectivity index (χ4v) is 5.45. The number of carbonyl (C=O) groups excluding carboxylic acids is 3. The molecule has 2 aromatic heterocycles. The molecule has 10 heteroatoms. The highest BCUT2D eigenvalue weighted by Gasteiger charge is 2.50. The van der Waals surface area contributed by atoms with Crippen molar-refractivity contribution in [3.63, 3.8) is 0 Å². The molecule has 1 saturated carbocycles. The lowest BCUT2D eigenvalue weighted by Gasteiger charge is -2.31. The summed E-state index contributed by atoms with van der Waals surface area (Å²) < 4.78 is 11.0. The van der Waals surface area contributed by atoms with Gasteiger partial charge in [0.05, 0.1) is 23.4 Å². The average molecular weight is 535 g/mol. The van der Waals surface area contributed by atoms with Gasteiger partial charge in [-0.15, -0.1) is 0 Å². The van der Waals surface area contributed by atoms with E-state index in [4.69, 9.17) is 25.7 Å². The van der Waals surface area contributed by atoms with Crippen LogP contribution in [0.4, 0.5) is 5.82 Å². The molecule has 1 aromatic carbocycles. The maximum absolute atomic E-state index is 14.3. The third kappa shape index (κ3) is 4.62. The lowest BCUT2D eigenvalue weighted by atomic mass is 9.73. The van der Waals surface area contributed by atoms with Crippen LogP contribution in [0, 0.1) is 5.92 Å². The fraction of sp³-hybridized carbons (Fsp3) is 0.357. The number of benzene rings is 1. The standard InChI is InChI=1S/C28H27ClN4O5/c1-30-19-13-28(32-15-19,25(34)16-6-4-3-5-7-16)23-20-12-17(27(36)37-2)8-10-21(20)38-24(23)26(35)33-22-11-9-18(29)14-31-22/h8-12,14-16H,3-7,13H2,1-2H3,(H,31,33,35). The number of amides is 1. The van der Waals surface area contributed by atoms with Gasteiger partial charge in [-0.3, -0.25) is 19.6 Å². The first-order valence-corrected chi connectivity index (χ1v) is 12.9. The molecule has 196 valence electrons. The van der Waals surface area contributed by atoms with E-state index in [0.717, 1.165) is 32.1 Å². The maximum Gasteiger partial charge on any atom is 0.337 e. The Morgan fingerprint density at radius 1 is 1.16 bits per heavy atom. The largest absolute Gasteiger partial charge is 0.465 e. The monoisotopic (exact) mass is 534 g/mol. The van der Waals surface area contributed by atoms with Crippen molar-refractivity contribution in [3.05, 3.63) is 58.4 Å². The zero-order valence-electron chi connectivity index (χ0n) is 21.1. The second-order valence-electron chi connectivity index (χ2n) is 9.53. The van der Waals surface area contributed by atoms with Crippen LogP contribution in [0.1, 0.15) is 65.0 Å². The molecule has 2 aliphatic rings. The molecular weight excluding hydrogens is 508 g/mol. The Morgan fingerprint density at radius 2 is 1.95 bits per heavy atom. The van der Waals surface area contributed by atoms with Crippen LogP contribution < -0.4 is 5.32 Å². The number of rotatable bonds is 6. The van der Waals surface area contributed by atoms with Crippen LogP contribution in [0.15, 0.2) is 50.9 Å². The molecule has 1 unspecified atom stereocenters. The molecule has 9 nitrogen and oxygen atoms in total. The van der Waals surface area contributed by atoms with E-state index in [1.54, 1.807) is 43.6 Å². The van der Waals surface area contributed by atoms with E-state index in [2.05, 4.69) is 15.3 Å². The van der Waals surface area contributed by atoms with E-state index < -0.39 is 17.4 Å². The van der Waals surface area contributed by atoms with Gasteiger partial charge in [-0.1, -0.05) is 30.9 Å². The van der Waals surface area contributed by atoms with E-state index in [0.29, 0.717) is 27.3 Å². The first kappa shape index (κ1) is 25.8. The Labute approximate surface area is 224 Å². The Kier molecular flexibility index (Phi) is 7.12. The SMILES string of the molecule is CN=C1C=NC(C(=O)C2CCCCC2)(c2c(C(=O)Nc3ccc(Cl)cn3)oc3ccc(C(=O)OC)cc23)C1. The first-order chi connectivity index (χ1) is 18.4. The molecule has 0 saturated heterocycles. The topological polar surface area (TPSA) is 123 Å². The predicted molar refractivity (Wildman–Crippen MR) is 144 cm³/mol. The molecule has 0 spiro atoms. The van der Waals surface area contributed by atoms with Crippen molar-refractivity contribution in [2.45, 2.75) is 44.1 Å². The highest BCUT2D eigenvalue weighted by atomic mass is 35.5. The highest BCUT2D eigenvalue weighted by Crippen LogP contribution is 2.46. The number of pyridine rings is 1. The molecule has 1 N–H and O–H groups in total. The van der Waals surface area contributed by atoms with Crippen LogP contribution in [0.2, 0.25) is 5.02 Å². The summed E-state index contributed by atoms with van der Waals surface area (Å²) in [5.74, 6) is -1.24. The average Bonchev–Trinajstić information content (AvgIpc) is 3.56. The molecule has 3 aromatic rings. The van der Waals surface area contributed by atoms with Gasteiger partial charge in [-0.05, 0) is 43.2 Å². The third-order valence-corrected chi connectivity index (χ3v) is 7.46. The van der Waals surface area contributed by atoms with Gasteiger partial charge in [0.2, 0.25) is 0 Å². The van der Waals surface area contributed by atoms with E-state index in [9.17, 15) is 14.4 Å². The number of ketones is 1. The number of aromatic nitrogens is 1. The molecule has 1 atom stereocenters. The number of fused-ring (bicyclic) bond motifs is 1. The summed E-state index contributed by atoms with van der Waals surface area (Å²) in [4.78, 5) is 53.5. The summed E-state index contributed by atoms with van der Waals surface area (Å²) in [5, 5.41) is 3.60. The molecule has 1 aliphatic heterocycles. The lowest BCUT2D eigenvalue weighted by Crippen LogP contribution is -2.40. The molecule has 3 heterocycles. The van der Waals surface area contributed by atoms with Crippen molar-refractivity contribution in [2.24, 2.45) is 15.9 Å². The minimum Gasteiger partial charge on any atom is -0.465 e. The lowest BCUT2D eigenvalue weighted by molar-refractivity contribution is -0.129. The minimum atomic E-state index is -1.42. The molecule has 1 fully saturated rings. The van der Waals surface area contributed by atoms with E-state index in [1.807, 2.05) is 0 Å². The van der Waals surface area contributed by atoms with Crippen LogP contribution in [0.5, 0.6) is 0 Å². The van der Waals surface area contributed by atoms with Gasteiger partial charge in [0, 0.05) is 42.7 Å². The number of aliphatic imine (C=N–C) groups is 2. The van der Waals surface area contributed by atoms with Crippen LogP contribution in [0.3, 0.4) is 0 Å². The summed E-state index contributed by atoms with van der Waals surface area (Å²) in [5.41, 5.74) is 0.139. The minimum absolute atomic E-state index is 0.0718. The van der Waals surface area contributed by atoms with Crippen molar-refractivity contribution in [2.75, 3.05) is 19.5 Å². The summed E-state index contributed by atoms with van der Waals surface area (Å²) >= 11 is 5.94. The van der Waals surface area contributed by atoms with Crippen LogP contribution in [-0.2, 0) is 15.1 Å². The van der Waals surface area contributed by atoms with Gasteiger partial charge >= 0.3 is 5.97 Å². The number of hydrogen-bond acceptors (Lipinski definition) is 8. The normalized spacial score (nSPS) is 20.7. The van der Waals surface area contributed by atoms with Crippen molar-refractivity contribution < 1.29 is 23.5 Å². The Bertz CT molecular complexity index is 1470. The number of anilines is 1. The summed E-state index contributed by atoms with van der Waals surface area (Å²) in [6, 6.07) is 7.90. The molecule has 5 rings (SSSR count). The van der Waals surface area contributed by atoms with Gasteiger partial charge in [0.15, 0.2) is 17.1 Å². The summed E-state index contributed by atoms with van der Waals surface area (Å²) in [6.07, 6.45) is 7.71. The summed E-state index contributed by atoms with van der Waals surface area (Å²) in [7, 11) is 2.94. The van der Waals surface area contributed by atoms with E-state index >= 15 is 0 Å². The molecule has 0 bridgehead atoms. The number of nitrogens with one attached hydrogen (secondary N) is 1. The van der Waals surface area contributed by atoms with Gasteiger partial charge in [-0.2, -0.15) is 0 Å². The Morgan fingerprint density at radius 3 is 2.61 bits per heavy atom. The fourth-order valence-electron chi connectivity index (χ4n) is 5.34. The zero-order chi connectivity index (χ0) is 26.9. The number of nitrogens with zero attached hydrogens (tertiary/aromatic N) is 3. The van der Waals surface area contributed by atoms with Crippen LogP contribution in [0.25, 0.3) is 11.0 Å². The number of Topliss-reactive ketones (excluding diaryl/α,β-unsaturated/α-hetero) is 1. The van der Waals surface area contributed by atoms with Crippen molar-refractivity contribution in [3.8, 4) is 0 Å². The first-order valence-electron chi connectivity index (χ1n) is 12.5. The zero-order valence-corrected chi connectivity index (χ0v) is 21.9. The smallest absolute Gasteiger partial charge is 0.337 e. The van der Waals surface area contributed by atoms with Crippen LogP contribution >= 0.6 is 11.6 Å². The number of methoxy groups -OCH3 is 1. The number of halogens is 1. The highest BCUT2D eigenvalue weighted by molar-refractivity contribution is 6.34. The predicted octanol–water partition coefficient (Wildman–Crippen LogP) is 5.41. The quantitative estimate of drug-likeness (QED) is 0.422. The van der Waals surface area contributed by atoms with Gasteiger partial charge < -0.3 is 14.5 Å². The molecular formula is C28H27ClN4O5. The molecule has 1 aliphatic carbocycles. The number of esters is 1. The van der Waals surface area contributed by atoms with E-state index in [1.165, 1.54) is 13.3 Å².